The van der Waals surface area contributed by atoms with Gasteiger partial charge in [-0.15, -0.1) is 0 Å². The minimum atomic E-state index is -1.01. The molecule has 0 fully saturated rings. The van der Waals surface area contributed by atoms with Crippen LogP contribution in [0.5, 0.6) is 0 Å². The molecule has 0 spiro atoms. The fourth-order valence-corrected chi connectivity index (χ4v) is 1.96. The number of methoxy groups -OCH3 is 1. The van der Waals surface area contributed by atoms with E-state index in [1.165, 1.54) is 19.1 Å². The van der Waals surface area contributed by atoms with E-state index in [9.17, 15) is 9.59 Å². The van der Waals surface area contributed by atoms with Gasteiger partial charge in [-0.05, 0) is 12.0 Å². The molecule has 0 aromatic heterocycles. The third-order valence-corrected chi connectivity index (χ3v) is 3.05. The van der Waals surface area contributed by atoms with Crippen LogP contribution >= 0.6 is 0 Å². The van der Waals surface area contributed by atoms with E-state index in [1.807, 2.05) is 18.2 Å². The van der Waals surface area contributed by atoms with E-state index in [0.29, 0.717) is 12.0 Å². The molecule has 2 unspecified atom stereocenters. The third kappa shape index (κ3) is 3.54. The lowest BCUT2D eigenvalue weighted by Crippen LogP contribution is -2.44. The maximum atomic E-state index is 12.3. The summed E-state index contributed by atoms with van der Waals surface area (Å²) in [5.41, 5.74) is 0.710. The number of nitrogens with zero attached hydrogens (tertiary/aromatic N) is 1. The lowest BCUT2D eigenvalue weighted by atomic mass is 10.1. The lowest BCUT2D eigenvalue weighted by Gasteiger charge is -2.27. The van der Waals surface area contributed by atoms with Crippen molar-refractivity contribution in [2.45, 2.75) is 25.5 Å². The Labute approximate surface area is 112 Å². The zero-order valence-electron chi connectivity index (χ0n) is 11.4. The Balaban J connectivity index is 2.93. The highest BCUT2D eigenvalue weighted by Gasteiger charge is 2.30. The molecule has 0 saturated carbocycles. The van der Waals surface area contributed by atoms with Crippen LogP contribution in [0.15, 0.2) is 30.3 Å². The number of hydrogen-bond donors (Lipinski definition) is 1. The first-order valence-corrected chi connectivity index (χ1v) is 6.10. The number of carbonyl (C=O) groups is 2. The Morgan fingerprint density at radius 2 is 1.89 bits per heavy atom. The quantitative estimate of drug-likeness (QED) is 0.850. The number of aliphatic carboxylic acids is 1. The molecule has 1 N–H and O–H groups in total. The SMILES string of the molecule is CCC(C(=O)O)N(C)C(=O)C(OC)c1ccccc1. The molecule has 0 radical (unpaired) electrons. The third-order valence-electron chi connectivity index (χ3n) is 3.05. The minimum Gasteiger partial charge on any atom is -0.480 e. The van der Waals surface area contributed by atoms with Crippen molar-refractivity contribution in [3.63, 3.8) is 0 Å². The fraction of sp³-hybridized carbons (Fsp3) is 0.429. The summed E-state index contributed by atoms with van der Waals surface area (Å²) in [7, 11) is 2.92. The predicted octanol–water partition coefficient (Wildman–Crippen LogP) is 1.70. The van der Waals surface area contributed by atoms with Crippen molar-refractivity contribution >= 4 is 11.9 Å². The number of hydrogen-bond acceptors (Lipinski definition) is 3. The average Bonchev–Trinajstić information content (AvgIpc) is 2.41. The molecule has 1 aromatic rings. The fourth-order valence-electron chi connectivity index (χ4n) is 1.96. The monoisotopic (exact) mass is 265 g/mol. The van der Waals surface area contributed by atoms with Crippen LogP contribution in [-0.2, 0) is 14.3 Å². The Morgan fingerprint density at radius 1 is 1.32 bits per heavy atom. The summed E-state index contributed by atoms with van der Waals surface area (Å²) in [6.07, 6.45) is -0.428. The van der Waals surface area contributed by atoms with Crippen molar-refractivity contribution in [1.82, 2.24) is 4.90 Å². The Bertz CT molecular complexity index is 432. The summed E-state index contributed by atoms with van der Waals surface area (Å²) in [4.78, 5) is 24.6. The van der Waals surface area contributed by atoms with Gasteiger partial charge < -0.3 is 14.7 Å². The molecule has 0 bridgehead atoms. The number of benzene rings is 1. The topological polar surface area (TPSA) is 66.8 Å². The van der Waals surface area contributed by atoms with E-state index >= 15 is 0 Å². The second-order valence-electron chi connectivity index (χ2n) is 4.24. The van der Waals surface area contributed by atoms with Crippen molar-refractivity contribution < 1.29 is 19.4 Å². The maximum Gasteiger partial charge on any atom is 0.326 e. The van der Waals surface area contributed by atoms with Gasteiger partial charge in [0.05, 0.1) is 0 Å². The van der Waals surface area contributed by atoms with Crippen LogP contribution in [0.1, 0.15) is 25.0 Å². The smallest absolute Gasteiger partial charge is 0.326 e. The van der Waals surface area contributed by atoms with Crippen molar-refractivity contribution in [3.05, 3.63) is 35.9 Å². The number of carboxylic acid groups (broad SMARTS) is 1. The van der Waals surface area contributed by atoms with Crippen LogP contribution in [0.3, 0.4) is 0 Å². The largest absolute Gasteiger partial charge is 0.480 e. The summed E-state index contributed by atoms with van der Waals surface area (Å²) >= 11 is 0. The number of amides is 1. The van der Waals surface area contributed by atoms with Crippen LogP contribution < -0.4 is 0 Å². The molecule has 104 valence electrons. The molecule has 1 aromatic carbocycles. The number of ether oxygens (including phenoxy) is 1. The normalized spacial score (nSPS) is 13.6. The summed E-state index contributed by atoms with van der Waals surface area (Å²) in [6, 6.07) is 8.18. The molecule has 1 amide bonds. The molecule has 0 aliphatic carbocycles. The van der Waals surface area contributed by atoms with Crippen LogP contribution in [0.25, 0.3) is 0 Å². The van der Waals surface area contributed by atoms with E-state index in [0.717, 1.165) is 0 Å². The van der Waals surface area contributed by atoms with Gasteiger partial charge in [0.15, 0.2) is 6.10 Å². The molecule has 0 aliphatic heterocycles. The highest BCUT2D eigenvalue weighted by molar-refractivity contribution is 5.87. The standard InChI is InChI=1S/C14H19NO4/c1-4-11(14(17)18)15(2)13(16)12(19-3)10-8-6-5-7-9-10/h5-9,11-12H,4H2,1-3H3,(H,17,18). The first-order chi connectivity index (χ1) is 9.02. The molecule has 0 heterocycles. The summed E-state index contributed by atoms with van der Waals surface area (Å²) in [5.74, 6) is -1.37. The Hall–Kier alpha value is -1.88. The molecular formula is C14H19NO4. The zero-order chi connectivity index (χ0) is 14.4. The molecule has 1 rings (SSSR count). The van der Waals surface area contributed by atoms with E-state index < -0.39 is 18.1 Å². The van der Waals surface area contributed by atoms with Gasteiger partial charge in [-0.25, -0.2) is 4.79 Å². The van der Waals surface area contributed by atoms with Gasteiger partial charge in [-0.1, -0.05) is 37.3 Å². The van der Waals surface area contributed by atoms with E-state index in [4.69, 9.17) is 9.84 Å². The lowest BCUT2D eigenvalue weighted by molar-refractivity contribution is -0.154. The highest BCUT2D eigenvalue weighted by atomic mass is 16.5. The summed E-state index contributed by atoms with van der Waals surface area (Å²) < 4.78 is 5.21. The van der Waals surface area contributed by atoms with Gasteiger partial charge in [0.25, 0.3) is 5.91 Å². The second-order valence-corrected chi connectivity index (χ2v) is 4.24. The number of carbonyl (C=O) groups excluding carboxylic acids is 1. The maximum absolute atomic E-state index is 12.3. The Morgan fingerprint density at radius 3 is 2.32 bits per heavy atom. The van der Waals surface area contributed by atoms with Crippen LogP contribution in [0, 0.1) is 0 Å². The summed E-state index contributed by atoms with van der Waals surface area (Å²) in [5, 5.41) is 9.08. The van der Waals surface area contributed by atoms with Gasteiger partial charge in [0.2, 0.25) is 0 Å². The number of carboxylic acids is 1. The van der Waals surface area contributed by atoms with E-state index in [-0.39, 0.29) is 5.91 Å². The van der Waals surface area contributed by atoms with E-state index in [1.54, 1.807) is 19.1 Å². The van der Waals surface area contributed by atoms with Crippen LogP contribution in [0.4, 0.5) is 0 Å². The zero-order valence-corrected chi connectivity index (χ0v) is 11.4. The van der Waals surface area contributed by atoms with Crippen molar-refractivity contribution in [2.24, 2.45) is 0 Å². The molecule has 19 heavy (non-hydrogen) atoms. The highest BCUT2D eigenvalue weighted by Crippen LogP contribution is 2.20. The molecular weight excluding hydrogens is 246 g/mol. The first-order valence-electron chi connectivity index (χ1n) is 6.10. The van der Waals surface area contributed by atoms with Gasteiger partial charge in [0.1, 0.15) is 6.04 Å². The Kier molecular flexibility index (Phi) is 5.51. The van der Waals surface area contributed by atoms with Gasteiger partial charge in [-0.3, -0.25) is 4.79 Å². The molecule has 0 aliphatic rings. The second kappa shape index (κ2) is 6.89. The number of rotatable bonds is 6. The van der Waals surface area contributed by atoms with E-state index in [2.05, 4.69) is 0 Å². The van der Waals surface area contributed by atoms with Crippen LogP contribution in [-0.4, -0.2) is 42.1 Å². The molecule has 0 saturated heterocycles. The van der Waals surface area contributed by atoms with Gasteiger partial charge >= 0.3 is 5.97 Å². The van der Waals surface area contributed by atoms with Crippen molar-refractivity contribution in [1.29, 1.82) is 0 Å². The minimum absolute atomic E-state index is 0.350. The van der Waals surface area contributed by atoms with Gasteiger partial charge in [-0.2, -0.15) is 0 Å². The molecule has 5 nitrogen and oxygen atoms in total. The van der Waals surface area contributed by atoms with Crippen LogP contribution in [0.2, 0.25) is 0 Å². The molecule has 5 heteroatoms. The average molecular weight is 265 g/mol. The summed E-state index contributed by atoms with van der Waals surface area (Å²) in [6.45, 7) is 1.73. The first kappa shape index (κ1) is 15.2. The predicted molar refractivity (Wildman–Crippen MR) is 70.7 cm³/mol. The van der Waals surface area contributed by atoms with Crippen molar-refractivity contribution in [2.75, 3.05) is 14.2 Å². The number of likely N-dealkylation sites (N-methyl/N-ethyl adjacent to an activating group) is 1. The van der Waals surface area contributed by atoms with Crippen molar-refractivity contribution in [3.8, 4) is 0 Å². The van der Waals surface area contributed by atoms with Gasteiger partial charge in [0, 0.05) is 14.2 Å². The molecule has 2 atom stereocenters.